The molecule has 2 rings (SSSR count). The van der Waals surface area contributed by atoms with Crippen LogP contribution in [0.4, 0.5) is 0 Å². The third-order valence-corrected chi connectivity index (χ3v) is 3.60. The van der Waals surface area contributed by atoms with Crippen LogP contribution in [-0.2, 0) is 26.0 Å². The largest absolute Gasteiger partial charge is 0.381 e. The molecule has 5 heteroatoms. The lowest BCUT2D eigenvalue weighted by Gasteiger charge is -2.25. The van der Waals surface area contributed by atoms with Crippen LogP contribution in [0.5, 0.6) is 0 Å². The summed E-state index contributed by atoms with van der Waals surface area (Å²) in [5, 5.41) is 0. The SMILES string of the molecule is O=S(=O)(Cl)Cc1ccc(CC2COC2)cc1. The van der Waals surface area contributed by atoms with E-state index >= 15 is 0 Å². The Morgan fingerprint density at radius 2 is 1.75 bits per heavy atom. The fraction of sp³-hybridized carbons (Fsp3) is 0.455. The molecular formula is C11H13ClO3S. The molecule has 0 radical (unpaired) electrons. The van der Waals surface area contributed by atoms with E-state index in [9.17, 15) is 8.42 Å². The van der Waals surface area contributed by atoms with Gasteiger partial charge in [-0.05, 0) is 17.5 Å². The first-order valence-corrected chi connectivity index (χ1v) is 7.59. The summed E-state index contributed by atoms with van der Waals surface area (Å²) in [6, 6.07) is 7.54. The molecule has 88 valence electrons. The van der Waals surface area contributed by atoms with Crippen LogP contribution in [0.2, 0.25) is 0 Å². The molecule has 16 heavy (non-hydrogen) atoms. The zero-order chi connectivity index (χ0) is 11.6. The van der Waals surface area contributed by atoms with E-state index in [1.165, 1.54) is 5.56 Å². The summed E-state index contributed by atoms with van der Waals surface area (Å²) in [5.74, 6) is 0.504. The van der Waals surface area contributed by atoms with Crippen LogP contribution in [-0.4, -0.2) is 21.6 Å². The first-order chi connectivity index (χ1) is 7.53. The second kappa shape index (κ2) is 4.73. The van der Waals surface area contributed by atoms with Crippen LogP contribution in [0, 0.1) is 5.92 Å². The molecule has 0 atom stereocenters. The smallest absolute Gasteiger partial charge is 0.236 e. The fourth-order valence-corrected chi connectivity index (χ4v) is 2.67. The van der Waals surface area contributed by atoms with Crippen LogP contribution in [0.15, 0.2) is 24.3 Å². The van der Waals surface area contributed by atoms with Gasteiger partial charge < -0.3 is 4.74 Å². The quantitative estimate of drug-likeness (QED) is 0.777. The number of hydrogen-bond donors (Lipinski definition) is 0. The zero-order valence-electron chi connectivity index (χ0n) is 8.73. The van der Waals surface area contributed by atoms with Crippen LogP contribution in [0.3, 0.4) is 0 Å². The van der Waals surface area contributed by atoms with Crippen molar-refractivity contribution < 1.29 is 13.2 Å². The van der Waals surface area contributed by atoms with Gasteiger partial charge in [0.15, 0.2) is 0 Å². The van der Waals surface area contributed by atoms with E-state index in [-0.39, 0.29) is 5.75 Å². The van der Waals surface area contributed by atoms with E-state index in [0.717, 1.165) is 25.2 Å². The Labute approximate surface area is 99.8 Å². The molecule has 1 heterocycles. The van der Waals surface area contributed by atoms with Crippen molar-refractivity contribution >= 4 is 19.7 Å². The molecule has 0 unspecified atom stereocenters. The first kappa shape index (κ1) is 11.9. The highest BCUT2D eigenvalue weighted by atomic mass is 35.7. The monoisotopic (exact) mass is 260 g/mol. The third kappa shape index (κ3) is 3.47. The summed E-state index contributed by atoms with van der Waals surface area (Å²) >= 11 is 0. The predicted molar refractivity (Wildman–Crippen MR) is 62.9 cm³/mol. The van der Waals surface area contributed by atoms with E-state index in [2.05, 4.69) is 0 Å². The molecule has 1 saturated heterocycles. The summed E-state index contributed by atoms with van der Waals surface area (Å²) in [6.45, 7) is 1.66. The van der Waals surface area contributed by atoms with Gasteiger partial charge in [0.25, 0.3) is 0 Å². The summed E-state index contributed by atoms with van der Waals surface area (Å²) in [6.07, 6.45) is 0.994. The van der Waals surface area contributed by atoms with Crippen LogP contribution >= 0.6 is 10.7 Å². The van der Waals surface area contributed by atoms with Gasteiger partial charge in [-0.25, -0.2) is 8.42 Å². The van der Waals surface area contributed by atoms with Gasteiger partial charge in [-0.2, -0.15) is 0 Å². The van der Waals surface area contributed by atoms with Crippen molar-refractivity contribution in [2.75, 3.05) is 13.2 Å². The van der Waals surface area contributed by atoms with Crippen LogP contribution in [0.25, 0.3) is 0 Å². The molecule has 0 aromatic heterocycles. The minimum Gasteiger partial charge on any atom is -0.381 e. The average Bonchev–Trinajstić information content (AvgIpc) is 2.11. The van der Waals surface area contributed by atoms with Crippen molar-refractivity contribution in [2.45, 2.75) is 12.2 Å². The maximum atomic E-state index is 10.9. The van der Waals surface area contributed by atoms with Gasteiger partial charge in [0.2, 0.25) is 9.05 Å². The first-order valence-electron chi connectivity index (χ1n) is 5.11. The average molecular weight is 261 g/mol. The van der Waals surface area contributed by atoms with Crippen LogP contribution < -0.4 is 0 Å². The summed E-state index contributed by atoms with van der Waals surface area (Å²) < 4.78 is 26.8. The molecule has 0 saturated carbocycles. The van der Waals surface area contributed by atoms with Crippen molar-refractivity contribution in [1.82, 2.24) is 0 Å². The van der Waals surface area contributed by atoms with Crippen molar-refractivity contribution in [2.24, 2.45) is 5.92 Å². The normalized spacial score (nSPS) is 17.1. The lowest BCUT2D eigenvalue weighted by atomic mass is 9.97. The Hall–Kier alpha value is -0.580. The van der Waals surface area contributed by atoms with Gasteiger partial charge in [0, 0.05) is 16.6 Å². The topological polar surface area (TPSA) is 43.4 Å². The van der Waals surface area contributed by atoms with Crippen molar-refractivity contribution in [3.8, 4) is 0 Å². The Bertz CT molecular complexity index is 449. The minimum atomic E-state index is -3.45. The second-order valence-electron chi connectivity index (χ2n) is 4.11. The molecule has 1 aromatic carbocycles. The number of halogens is 1. The number of hydrogen-bond acceptors (Lipinski definition) is 3. The minimum absolute atomic E-state index is 0.110. The van der Waals surface area contributed by atoms with Gasteiger partial charge in [-0.1, -0.05) is 24.3 Å². The standard InChI is InChI=1S/C11H13ClO3S/c12-16(13,14)8-10-3-1-9(2-4-10)5-11-6-15-7-11/h1-4,11H,5-8H2. The second-order valence-corrected chi connectivity index (χ2v) is 6.88. The molecule has 0 N–H and O–H groups in total. The number of ether oxygens (including phenoxy) is 1. The molecule has 1 fully saturated rings. The van der Waals surface area contributed by atoms with Gasteiger partial charge in [0.1, 0.15) is 0 Å². The summed E-state index contributed by atoms with van der Waals surface area (Å²) in [4.78, 5) is 0. The summed E-state index contributed by atoms with van der Waals surface area (Å²) in [5.41, 5.74) is 1.94. The zero-order valence-corrected chi connectivity index (χ0v) is 10.3. The Morgan fingerprint density at radius 1 is 1.19 bits per heavy atom. The van der Waals surface area contributed by atoms with E-state index in [4.69, 9.17) is 15.4 Å². The van der Waals surface area contributed by atoms with Crippen LogP contribution in [0.1, 0.15) is 11.1 Å². The lowest BCUT2D eigenvalue weighted by Crippen LogP contribution is -2.29. The summed E-state index contributed by atoms with van der Waals surface area (Å²) in [7, 11) is 1.72. The molecule has 3 nitrogen and oxygen atoms in total. The highest BCUT2D eigenvalue weighted by molar-refractivity contribution is 8.13. The van der Waals surface area contributed by atoms with E-state index < -0.39 is 9.05 Å². The molecule has 0 bridgehead atoms. The van der Waals surface area contributed by atoms with Crippen molar-refractivity contribution in [1.29, 1.82) is 0 Å². The Balaban J connectivity index is 1.98. The predicted octanol–water partition coefficient (Wildman–Crippen LogP) is 1.94. The van der Waals surface area contributed by atoms with Gasteiger partial charge >= 0.3 is 0 Å². The third-order valence-electron chi connectivity index (χ3n) is 2.59. The molecule has 1 aliphatic heterocycles. The molecule has 0 spiro atoms. The molecule has 0 aliphatic carbocycles. The van der Waals surface area contributed by atoms with Gasteiger partial charge in [-0.15, -0.1) is 0 Å². The number of benzene rings is 1. The highest BCUT2D eigenvalue weighted by Crippen LogP contribution is 2.18. The maximum absolute atomic E-state index is 10.9. The maximum Gasteiger partial charge on any atom is 0.236 e. The fourth-order valence-electron chi connectivity index (χ4n) is 1.71. The molecule has 1 aromatic rings. The highest BCUT2D eigenvalue weighted by Gasteiger charge is 2.18. The molecule has 1 aliphatic rings. The van der Waals surface area contributed by atoms with E-state index in [1.54, 1.807) is 0 Å². The molecular weight excluding hydrogens is 248 g/mol. The van der Waals surface area contributed by atoms with Crippen molar-refractivity contribution in [3.63, 3.8) is 0 Å². The van der Waals surface area contributed by atoms with Gasteiger partial charge in [0.05, 0.1) is 19.0 Å². The Morgan fingerprint density at radius 3 is 2.19 bits per heavy atom. The Kier molecular flexibility index (Phi) is 3.52. The lowest BCUT2D eigenvalue weighted by molar-refractivity contribution is -0.0312. The molecule has 0 amide bonds. The number of rotatable bonds is 4. The van der Waals surface area contributed by atoms with Gasteiger partial charge in [-0.3, -0.25) is 0 Å². The van der Waals surface area contributed by atoms with E-state index in [0.29, 0.717) is 5.92 Å². The van der Waals surface area contributed by atoms with Crippen molar-refractivity contribution in [3.05, 3.63) is 35.4 Å². The van der Waals surface area contributed by atoms with E-state index in [1.807, 2.05) is 24.3 Å².